The smallest absolute Gasteiger partial charge is 0.250 e. The maximum Gasteiger partial charge on any atom is 0.250 e. The van der Waals surface area contributed by atoms with Crippen LogP contribution >= 0.6 is 11.6 Å². The summed E-state index contributed by atoms with van der Waals surface area (Å²) in [6, 6.07) is 5.75. The number of primary amides is 1. The molecule has 1 heterocycles. The molecule has 1 saturated heterocycles. The number of halogens is 1. The average molecular weight is 268 g/mol. The highest BCUT2D eigenvalue weighted by Gasteiger charge is 2.16. The van der Waals surface area contributed by atoms with E-state index in [1.807, 2.05) is 6.07 Å². The Morgan fingerprint density at radius 3 is 2.67 bits per heavy atom. The van der Waals surface area contributed by atoms with Crippen LogP contribution in [0.4, 0.5) is 5.69 Å². The first-order valence-electron chi connectivity index (χ1n) is 6.10. The van der Waals surface area contributed by atoms with Gasteiger partial charge in [0.2, 0.25) is 5.91 Å². The zero-order valence-corrected chi connectivity index (χ0v) is 11.2. The monoisotopic (exact) mass is 267 g/mol. The summed E-state index contributed by atoms with van der Waals surface area (Å²) in [4.78, 5) is 13.4. The van der Waals surface area contributed by atoms with Crippen molar-refractivity contribution in [1.29, 1.82) is 0 Å². The lowest BCUT2D eigenvalue weighted by atomic mass is 10.0. The normalized spacial score (nSPS) is 17.7. The van der Waals surface area contributed by atoms with Crippen LogP contribution < -0.4 is 11.1 Å². The van der Waals surface area contributed by atoms with Crippen molar-refractivity contribution in [2.45, 2.75) is 18.9 Å². The Morgan fingerprint density at radius 1 is 1.44 bits per heavy atom. The van der Waals surface area contributed by atoms with E-state index in [2.05, 4.69) is 17.3 Å². The third kappa shape index (κ3) is 3.15. The van der Waals surface area contributed by atoms with Crippen molar-refractivity contribution in [3.05, 3.63) is 28.8 Å². The largest absolute Gasteiger partial charge is 0.382 e. The number of piperidine rings is 1. The van der Waals surface area contributed by atoms with Gasteiger partial charge in [0.15, 0.2) is 0 Å². The molecule has 98 valence electrons. The number of nitrogens with zero attached hydrogens (tertiary/aromatic N) is 1. The fraction of sp³-hybridized carbons (Fsp3) is 0.462. The van der Waals surface area contributed by atoms with E-state index in [0.29, 0.717) is 16.6 Å². The van der Waals surface area contributed by atoms with E-state index in [1.165, 1.54) is 0 Å². The van der Waals surface area contributed by atoms with Crippen molar-refractivity contribution in [3.63, 3.8) is 0 Å². The number of amides is 1. The van der Waals surface area contributed by atoms with Crippen LogP contribution in [-0.2, 0) is 0 Å². The number of carbonyl (C=O) groups excluding carboxylic acids is 1. The Kier molecular flexibility index (Phi) is 4.09. The number of benzene rings is 1. The minimum absolute atomic E-state index is 0.366. The van der Waals surface area contributed by atoms with Gasteiger partial charge in [-0.15, -0.1) is 0 Å². The maximum absolute atomic E-state index is 11.1. The number of anilines is 1. The number of carbonyl (C=O) groups is 1. The van der Waals surface area contributed by atoms with E-state index in [9.17, 15) is 4.79 Å². The zero-order chi connectivity index (χ0) is 13.1. The molecule has 0 radical (unpaired) electrons. The second-order valence-electron chi connectivity index (χ2n) is 4.78. The van der Waals surface area contributed by atoms with Gasteiger partial charge >= 0.3 is 0 Å². The number of nitrogens with one attached hydrogen (secondary N) is 1. The van der Waals surface area contributed by atoms with Gasteiger partial charge in [0.25, 0.3) is 0 Å². The van der Waals surface area contributed by atoms with Crippen molar-refractivity contribution in [1.82, 2.24) is 4.90 Å². The van der Waals surface area contributed by atoms with Crippen LogP contribution in [0.5, 0.6) is 0 Å². The molecule has 1 fully saturated rings. The van der Waals surface area contributed by atoms with Crippen LogP contribution in [0.1, 0.15) is 23.2 Å². The molecule has 4 nitrogen and oxygen atoms in total. The predicted octanol–water partition coefficient (Wildman–Crippen LogP) is 1.94. The number of rotatable bonds is 3. The van der Waals surface area contributed by atoms with Gasteiger partial charge in [0.05, 0.1) is 10.6 Å². The van der Waals surface area contributed by atoms with Crippen LogP contribution in [0, 0.1) is 0 Å². The molecule has 0 saturated carbocycles. The third-order valence-electron chi connectivity index (χ3n) is 3.32. The van der Waals surface area contributed by atoms with Gasteiger partial charge in [0.1, 0.15) is 0 Å². The van der Waals surface area contributed by atoms with E-state index >= 15 is 0 Å². The summed E-state index contributed by atoms with van der Waals surface area (Å²) in [5, 5.41) is 3.85. The van der Waals surface area contributed by atoms with E-state index in [0.717, 1.165) is 31.6 Å². The summed E-state index contributed by atoms with van der Waals surface area (Å²) in [6.07, 6.45) is 2.23. The van der Waals surface area contributed by atoms with E-state index < -0.39 is 5.91 Å². The lowest BCUT2D eigenvalue weighted by Gasteiger charge is -2.30. The number of likely N-dealkylation sites (tertiary alicyclic amines) is 1. The third-order valence-corrected chi connectivity index (χ3v) is 3.64. The minimum atomic E-state index is -0.495. The molecule has 1 aromatic carbocycles. The van der Waals surface area contributed by atoms with Crippen LogP contribution in [-0.4, -0.2) is 37.0 Å². The summed E-state index contributed by atoms with van der Waals surface area (Å²) in [5.41, 5.74) is 6.53. The van der Waals surface area contributed by atoms with Crippen molar-refractivity contribution in [2.75, 3.05) is 25.5 Å². The molecule has 18 heavy (non-hydrogen) atoms. The molecular formula is C13H18ClN3O. The second kappa shape index (κ2) is 5.59. The summed E-state index contributed by atoms with van der Waals surface area (Å²) in [5.74, 6) is -0.495. The van der Waals surface area contributed by atoms with Gasteiger partial charge in [-0.1, -0.05) is 11.6 Å². The molecule has 1 aliphatic heterocycles. The molecule has 2 rings (SSSR count). The molecule has 0 bridgehead atoms. The van der Waals surface area contributed by atoms with E-state index in [-0.39, 0.29) is 0 Å². The number of hydrogen-bond donors (Lipinski definition) is 2. The van der Waals surface area contributed by atoms with Crippen LogP contribution in [0.15, 0.2) is 18.2 Å². The fourth-order valence-electron chi connectivity index (χ4n) is 2.19. The van der Waals surface area contributed by atoms with Crippen LogP contribution in [0.3, 0.4) is 0 Å². The predicted molar refractivity (Wildman–Crippen MR) is 74.1 cm³/mol. The van der Waals surface area contributed by atoms with Gasteiger partial charge < -0.3 is 16.0 Å². The molecule has 5 heteroatoms. The molecule has 0 aliphatic carbocycles. The molecule has 3 N–H and O–H groups in total. The van der Waals surface area contributed by atoms with Crippen molar-refractivity contribution in [3.8, 4) is 0 Å². The molecule has 0 atom stereocenters. The fourth-order valence-corrected chi connectivity index (χ4v) is 2.47. The first-order chi connectivity index (χ1) is 8.56. The SMILES string of the molecule is CN1CCC(Nc2ccc(C(N)=O)c(Cl)c2)CC1. The highest BCUT2D eigenvalue weighted by atomic mass is 35.5. The Bertz CT molecular complexity index is 442. The van der Waals surface area contributed by atoms with Crippen molar-refractivity contribution >= 4 is 23.2 Å². The molecular weight excluding hydrogens is 250 g/mol. The van der Waals surface area contributed by atoms with Crippen LogP contribution in [0.2, 0.25) is 5.02 Å². The highest BCUT2D eigenvalue weighted by molar-refractivity contribution is 6.34. The second-order valence-corrected chi connectivity index (χ2v) is 5.19. The molecule has 1 aliphatic rings. The van der Waals surface area contributed by atoms with Gasteiger partial charge in [-0.25, -0.2) is 0 Å². The zero-order valence-electron chi connectivity index (χ0n) is 10.4. The van der Waals surface area contributed by atoms with Crippen molar-refractivity contribution in [2.24, 2.45) is 5.73 Å². The van der Waals surface area contributed by atoms with Crippen molar-refractivity contribution < 1.29 is 4.79 Å². The Morgan fingerprint density at radius 2 is 2.11 bits per heavy atom. The van der Waals surface area contributed by atoms with Crippen LogP contribution in [0.25, 0.3) is 0 Å². The van der Waals surface area contributed by atoms with Gasteiger partial charge in [-0.3, -0.25) is 4.79 Å². The quantitative estimate of drug-likeness (QED) is 0.880. The first-order valence-corrected chi connectivity index (χ1v) is 6.48. The van der Waals surface area contributed by atoms with E-state index in [1.54, 1.807) is 12.1 Å². The Hall–Kier alpha value is -1.26. The van der Waals surface area contributed by atoms with E-state index in [4.69, 9.17) is 17.3 Å². The lowest BCUT2D eigenvalue weighted by molar-refractivity contribution is 0.100. The number of nitrogens with two attached hydrogens (primary N) is 1. The molecule has 0 aromatic heterocycles. The van der Waals surface area contributed by atoms with Gasteiger partial charge in [-0.05, 0) is 51.2 Å². The van der Waals surface area contributed by atoms with Gasteiger partial charge in [-0.2, -0.15) is 0 Å². The first kappa shape index (κ1) is 13.2. The highest BCUT2D eigenvalue weighted by Crippen LogP contribution is 2.22. The lowest BCUT2D eigenvalue weighted by Crippen LogP contribution is -2.36. The summed E-state index contributed by atoms with van der Waals surface area (Å²) < 4.78 is 0. The summed E-state index contributed by atoms with van der Waals surface area (Å²) in [7, 11) is 2.13. The summed E-state index contributed by atoms with van der Waals surface area (Å²) >= 11 is 6.02. The Balaban J connectivity index is 2.02. The number of hydrogen-bond acceptors (Lipinski definition) is 3. The standard InChI is InChI=1S/C13H18ClN3O/c1-17-6-4-9(5-7-17)16-10-2-3-11(13(15)18)12(14)8-10/h2-3,8-9,16H,4-7H2,1H3,(H2,15,18). The minimum Gasteiger partial charge on any atom is -0.382 e. The maximum atomic E-state index is 11.1. The summed E-state index contributed by atoms with van der Waals surface area (Å²) in [6.45, 7) is 2.20. The Labute approximate surface area is 112 Å². The molecule has 1 aromatic rings. The molecule has 0 spiro atoms. The van der Waals surface area contributed by atoms with Gasteiger partial charge in [0, 0.05) is 11.7 Å². The average Bonchev–Trinajstić information content (AvgIpc) is 2.32. The molecule has 0 unspecified atom stereocenters. The topological polar surface area (TPSA) is 58.4 Å². The molecule has 1 amide bonds.